The molecule has 4 N–H and O–H groups in total. The van der Waals surface area contributed by atoms with Crippen LogP contribution < -0.4 is 17.7 Å². The first-order valence-electron chi connectivity index (χ1n) is 11.1. The van der Waals surface area contributed by atoms with E-state index in [1.165, 1.54) is 83.5 Å². The smallest absolute Gasteiger partial charge is 0.294 e. The van der Waals surface area contributed by atoms with Crippen molar-refractivity contribution in [1.82, 2.24) is 4.90 Å². The Morgan fingerprint density at radius 1 is 0.885 bits per heavy atom. The van der Waals surface area contributed by atoms with Gasteiger partial charge in [-0.15, -0.1) is 0 Å². The van der Waals surface area contributed by atoms with Gasteiger partial charge in [-0.25, -0.2) is 5.41 Å². The minimum absolute atomic E-state index is 0. The fourth-order valence-electron chi connectivity index (χ4n) is 3.72. The van der Waals surface area contributed by atoms with Crippen molar-refractivity contribution < 1.29 is 22.8 Å². The Morgan fingerprint density at radius 2 is 1.35 bits per heavy atom. The van der Waals surface area contributed by atoms with Crippen LogP contribution in [0.25, 0.3) is 0 Å². The van der Waals surface area contributed by atoms with Crippen molar-refractivity contribution in [2.45, 2.75) is 109 Å². The lowest BCUT2D eigenvalue weighted by atomic mass is 10.0. The number of rotatable bonds is 17. The molecule has 1 saturated heterocycles. The summed E-state index contributed by atoms with van der Waals surface area (Å²) < 4.78 is 0. The third kappa shape index (κ3) is 13.8. The molecule has 1 fully saturated rings. The third-order valence-corrected chi connectivity index (χ3v) is 5.40. The number of aliphatic hydroxyl groups is 1. The molecule has 156 valence electrons. The topological polar surface area (TPSA) is 63.9 Å². The van der Waals surface area contributed by atoms with E-state index in [0.29, 0.717) is 12.5 Å². The third-order valence-electron chi connectivity index (χ3n) is 5.40. The van der Waals surface area contributed by atoms with E-state index in [1.807, 2.05) is 10.2 Å². The van der Waals surface area contributed by atoms with Crippen LogP contribution in [0.4, 0.5) is 0 Å². The molecular formula is C21H44ClN3O. The number of quaternary nitrogens is 1. The summed E-state index contributed by atoms with van der Waals surface area (Å²) in [4.78, 5) is 1.99. The molecule has 1 atom stereocenters. The minimum Gasteiger partial charge on any atom is -1.00 e. The second-order valence-corrected chi connectivity index (χ2v) is 7.86. The van der Waals surface area contributed by atoms with E-state index in [2.05, 4.69) is 6.92 Å². The molecule has 0 amide bonds. The second-order valence-electron chi connectivity index (χ2n) is 7.86. The summed E-state index contributed by atoms with van der Waals surface area (Å²) in [6, 6.07) is 0. The monoisotopic (exact) mass is 389 g/mol. The molecule has 1 heterocycles. The maximum absolute atomic E-state index is 10.1. The fourth-order valence-corrected chi connectivity index (χ4v) is 3.72. The van der Waals surface area contributed by atoms with E-state index in [4.69, 9.17) is 5.41 Å². The first-order valence-corrected chi connectivity index (χ1v) is 11.1. The summed E-state index contributed by atoms with van der Waals surface area (Å²) >= 11 is 0. The maximum atomic E-state index is 10.1. The molecule has 0 radical (unpaired) electrons. The first-order chi connectivity index (χ1) is 12.2. The Morgan fingerprint density at radius 3 is 1.77 bits per heavy atom. The lowest BCUT2D eigenvalue weighted by molar-refractivity contribution is -0.529. The SMILES string of the molecule is CCCCCCCCCCCCCCCCC(O)CN1CC[NH2+]C1=N.[Cl-]. The molecule has 0 aromatic carbocycles. The number of β-amino-alcohol motifs (C(OH)–C–C–N with tert-alkyl or cyclic N) is 1. The van der Waals surface area contributed by atoms with Crippen molar-refractivity contribution in [2.75, 3.05) is 19.6 Å². The Hall–Kier alpha value is -0.320. The highest BCUT2D eigenvalue weighted by atomic mass is 35.5. The highest BCUT2D eigenvalue weighted by Crippen LogP contribution is 2.14. The standard InChI is InChI=1S/C21H43N3O.ClH/c1-2-3-4-5-6-7-8-9-10-11-12-13-14-15-16-20(25)19-24-18-17-23-21(24)22;/h20,25H,2-19H2,1H3,(H2,22,23);1H. The number of hydrogen-bond acceptors (Lipinski definition) is 2. The van der Waals surface area contributed by atoms with Crippen LogP contribution in [-0.4, -0.2) is 41.7 Å². The van der Waals surface area contributed by atoms with E-state index in [-0.39, 0.29) is 18.5 Å². The molecule has 1 rings (SSSR count). The van der Waals surface area contributed by atoms with Crippen LogP contribution in [0, 0.1) is 5.41 Å². The van der Waals surface area contributed by atoms with Gasteiger partial charge in [0.2, 0.25) is 0 Å². The van der Waals surface area contributed by atoms with Gasteiger partial charge in [0.05, 0.1) is 19.2 Å². The van der Waals surface area contributed by atoms with E-state index in [1.54, 1.807) is 0 Å². The molecule has 5 heteroatoms. The average molecular weight is 390 g/mol. The van der Waals surface area contributed by atoms with Crippen molar-refractivity contribution in [3.05, 3.63) is 0 Å². The normalized spacial score (nSPS) is 15.3. The Labute approximate surface area is 168 Å². The van der Waals surface area contributed by atoms with E-state index < -0.39 is 0 Å². The molecule has 0 saturated carbocycles. The van der Waals surface area contributed by atoms with Gasteiger partial charge < -0.3 is 22.4 Å². The quantitative estimate of drug-likeness (QED) is 0.325. The lowest BCUT2D eigenvalue weighted by Gasteiger charge is -2.17. The molecule has 0 aliphatic carbocycles. The number of halogens is 1. The number of guanidine groups is 1. The van der Waals surface area contributed by atoms with Crippen LogP contribution in [0.1, 0.15) is 103 Å². The van der Waals surface area contributed by atoms with Gasteiger partial charge in [-0.2, -0.15) is 0 Å². The van der Waals surface area contributed by atoms with Crippen molar-refractivity contribution in [2.24, 2.45) is 0 Å². The van der Waals surface area contributed by atoms with Crippen molar-refractivity contribution in [3.63, 3.8) is 0 Å². The van der Waals surface area contributed by atoms with Gasteiger partial charge >= 0.3 is 0 Å². The summed E-state index contributed by atoms with van der Waals surface area (Å²) in [5, 5.41) is 19.8. The summed E-state index contributed by atoms with van der Waals surface area (Å²) in [5.74, 6) is 0.597. The lowest BCUT2D eigenvalue weighted by Crippen LogP contribution is -3.00. The van der Waals surface area contributed by atoms with E-state index in [9.17, 15) is 5.11 Å². The minimum atomic E-state index is -0.260. The van der Waals surface area contributed by atoms with Crippen LogP contribution >= 0.6 is 0 Å². The number of nitrogens with zero attached hydrogens (tertiary/aromatic N) is 1. The van der Waals surface area contributed by atoms with E-state index in [0.717, 1.165) is 25.9 Å². The van der Waals surface area contributed by atoms with Gasteiger partial charge in [-0.05, 0) is 6.42 Å². The zero-order valence-corrected chi connectivity index (χ0v) is 17.9. The molecule has 1 aliphatic rings. The zero-order valence-electron chi connectivity index (χ0n) is 17.2. The predicted molar refractivity (Wildman–Crippen MR) is 107 cm³/mol. The number of nitrogens with one attached hydrogen (secondary N) is 1. The van der Waals surface area contributed by atoms with Crippen molar-refractivity contribution in [3.8, 4) is 0 Å². The number of nitrogens with two attached hydrogens (primary N) is 1. The van der Waals surface area contributed by atoms with Gasteiger partial charge in [0, 0.05) is 0 Å². The Bertz CT molecular complexity index is 328. The molecule has 0 aromatic rings. The highest BCUT2D eigenvalue weighted by Gasteiger charge is 2.22. The molecular weight excluding hydrogens is 346 g/mol. The Balaban J connectivity index is 0.00000625. The summed E-state index contributed by atoms with van der Waals surface area (Å²) in [5.41, 5.74) is 0. The largest absolute Gasteiger partial charge is 1.00 e. The molecule has 4 nitrogen and oxygen atoms in total. The van der Waals surface area contributed by atoms with Crippen molar-refractivity contribution >= 4 is 5.96 Å². The number of aliphatic hydroxyl groups excluding tert-OH is 1. The van der Waals surface area contributed by atoms with Gasteiger partial charge in [0.15, 0.2) is 0 Å². The molecule has 1 aliphatic heterocycles. The molecule has 0 bridgehead atoms. The van der Waals surface area contributed by atoms with Gasteiger partial charge in [-0.3, -0.25) is 5.32 Å². The molecule has 0 aromatic heterocycles. The average Bonchev–Trinajstić information content (AvgIpc) is 3.00. The second kappa shape index (κ2) is 18.1. The maximum Gasteiger partial charge on any atom is 0.294 e. The van der Waals surface area contributed by atoms with Crippen LogP contribution in [0.3, 0.4) is 0 Å². The fraction of sp³-hybridized carbons (Fsp3) is 0.952. The summed E-state index contributed by atoms with van der Waals surface area (Å²) in [6.07, 6.45) is 19.9. The Kier molecular flexibility index (Phi) is 17.8. The van der Waals surface area contributed by atoms with Crippen LogP contribution in [0.15, 0.2) is 0 Å². The van der Waals surface area contributed by atoms with Crippen molar-refractivity contribution in [1.29, 1.82) is 5.41 Å². The number of hydrogen-bond donors (Lipinski definition) is 3. The molecule has 26 heavy (non-hydrogen) atoms. The predicted octanol–water partition coefficient (Wildman–Crippen LogP) is 1.04. The van der Waals surface area contributed by atoms with E-state index >= 15 is 0 Å². The van der Waals surface area contributed by atoms with Gasteiger partial charge in [-0.1, -0.05) is 96.8 Å². The summed E-state index contributed by atoms with van der Waals surface area (Å²) in [7, 11) is 0. The van der Waals surface area contributed by atoms with Gasteiger partial charge in [0.25, 0.3) is 5.96 Å². The van der Waals surface area contributed by atoms with Crippen LogP contribution in [-0.2, 0) is 0 Å². The molecule has 0 spiro atoms. The summed E-state index contributed by atoms with van der Waals surface area (Å²) in [6.45, 7) is 4.80. The van der Waals surface area contributed by atoms with Crippen LogP contribution in [0.2, 0.25) is 0 Å². The highest BCUT2D eigenvalue weighted by molar-refractivity contribution is 5.67. The van der Waals surface area contributed by atoms with Crippen LogP contribution in [0.5, 0.6) is 0 Å². The molecule has 1 unspecified atom stereocenters. The number of unbranched alkanes of at least 4 members (excludes halogenated alkanes) is 13. The van der Waals surface area contributed by atoms with Gasteiger partial charge in [0.1, 0.15) is 6.54 Å². The zero-order chi connectivity index (χ0) is 18.2. The first kappa shape index (κ1) is 25.7.